The predicted molar refractivity (Wildman–Crippen MR) is 158 cm³/mol. The number of nitrogens with zero attached hydrogens (tertiary/aromatic N) is 1. The van der Waals surface area contributed by atoms with Crippen LogP contribution in [0.3, 0.4) is 0 Å². The van der Waals surface area contributed by atoms with Crippen molar-refractivity contribution in [1.29, 1.82) is 0 Å². The molecule has 1 saturated heterocycles. The molecular weight excluding hydrogens is 578 g/mol. The van der Waals surface area contributed by atoms with Gasteiger partial charge in [-0.05, 0) is 44.6 Å². The second-order valence-electron chi connectivity index (χ2n) is 11.6. The van der Waals surface area contributed by atoms with Crippen LogP contribution < -0.4 is 0 Å². The zero-order valence-electron chi connectivity index (χ0n) is 25.8. The van der Waals surface area contributed by atoms with E-state index < -0.39 is 53.1 Å². The van der Waals surface area contributed by atoms with Crippen LogP contribution in [-0.2, 0) is 42.9 Å². The Hall–Kier alpha value is -2.83. The first kappa shape index (κ1) is 33.1. The van der Waals surface area contributed by atoms with Crippen molar-refractivity contribution < 1.29 is 48.0 Å². The van der Waals surface area contributed by atoms with Crippen LogP contribution in [0.1, 0.15) is 47.0 Å². The number of esters is 3. The van der Waals surface area contributed by atoms with Gasteiger partial charge in [0.05, 0.1) is 30.5 Å². The fraction of sp³-hybridized carbons (Fsp3) is 0.677. The summed E-state index contributed by atoms with van der Waals surface area (Å²) in [5.74, 6) is -2.99. The number of fused-ring (bicyclic) bond motifs is 4. The predicted octanol–water partition coefficient (Wildman–Crippen LogP) is 3.13. The summed E-state index contributed by atoms with van der Waals surface area (Å²) in [5, 5.41) is 11.6. The number of Topliss-reactive ketones (excluding diaryl/α,β-unsaturated/α-hetero) is 1. The number of aliphatic hydroxyl groups excluding tert-OH is 1. The minimum Gasteiger partial charge on any atom is -0.504 e. The molecule has 238 valence electrons. The maximum atomic E-state index is 14.2. The van der Waals surface area contributed by atoms with E-state index in [-0.39, 0.29) is 35.4 Å². The first-order valence-electron chi connectivity index (χ1n) is 14.8. The van der Waals surface area contributed by atoms with Gasteiger partial charge in [-0.3, -0.25) is 14.4 Å². The van der Waals surface area contributed by atoms with Crippen LogP contribution >= 0.6 is 11.8 Å². The molecule has 0 aromatic carbocycles. The van der Waals surface area contributed by atoms with Crippen molar-refractivity contribution in [2.24, 2.45) is 17.3 Å². The van der Waals surface area contributed by atoms with E-state index in [1.165, 1.54) is 25.8 Å². The monoisotopic (exact) mass is 621 g/mol. The van der Waals surface area contributed by atoms with Crippen LogP contribution in [-0.4, -0.2) is 104 Å². The van der Waals surface area contributed by atoms with Gasteiger partial charge in [0, 0.05) is 62.7 Å². The topological polar surface area (TPSA) is 138 Å². The lowest BCUT2D eigenvalue weighted by atomic mass is 9.58. The highest BCUT2D eigenvalue weighted by molar-refractivity contribution is 7.99. The molecule has 12 heteroatoms. The third kappa shape index (κ3) is 6.37. The highest BCUT2D eigenvalue weighted by Gasteiger charge is 2.61. The van der Waals surface area contributed by atoms with Gasteiger partial charge in [0.1, 0.15) is 18.3 Å². The Morgan fingerprint density at radius 1 is 1.12 bits per heavy atom. The summed E-state index contributed by atoms with van der Waals surface area (Å²) in [6.07, 6.45) is 0.720. The summed E-state index contributed by atoms with van der Waals surface area (Å²) in [5.41, 5.74) is 0.403. The largest absolute Gasteiger partial charge is 0.504 e. The van der Waals surface area contributed by atoms with Crippen molar-refractivity contribution in [3.8, 4) is 0 Å². The molecule has 0 amide bonds. The lowest BCUT2D eigenvalue weighted by Gasteiger charge is -2.49. The summed E-state index contributed by atoms with van der Waals surface area (Å²) < 4.78 is 28.2. The molecule has 0 radical (unpaired) electrons. The summed E-state index contributed by atoms with van der Waals surface area (Å²) >= 11 is 1.42. The molecule has 2 fully saturated rings. The molecule has 0 aromatic rings. The van der Waals surface area contributed by atoms with Gasteiger partial charge in [0.2, 0.25) is 5.78 Å². The van der Waals surface area contributed by atoms with Gasteiger partial charge >= 0.3 is 17.9 Å². The number of ether oxygens (including phenoxy) is 5. The Kier molecular flexibility index (Phi) is 10.7. The lowest BCUT2D eigenvalue weighted by molar-refractivity contribution is -0.159. The van der Waals surface area contributed by atoms with Crippen molar-refractivity contribution in [2.75, 3.05) is 52.0 Å². The zero-order valence-corrected chi connectivity index (χ0v) is 26.6. The Bertz CT molecular complexity index is 1220. The molecule has 6 atom stereocenters. The van der Waals surface area contributed by atoms with E-state index in [1.807, 2.05) is 25.7 Å². The number of carbonyl (C=O) groups excluding carboxylic acids is 4. The van der Waals surface area contributed by atoms with Crippen LogP contribution in [0.2, 0.25) is 0 Å². The molecule has 0 spiro atoms. The minimum atomic E-state index is -0.868. The fourth-order valence-electron chi connectivity index (χ4n) is 7.10. The third-order valence-electron chi connectivity index (χ3n) is 9.07. The smallest absolute Gasteiger partial charge is 0.340 e. The average Bonchev–Trinajstić information content (AvgIpc) is 3.27. The quantitative estimate of drug-likeness (QED) is 0.148. The zero-order chi connectivity index (χ0) is 31.5. The molecule has 11 nitrogen and oxygen atoms in total. The lowest BCUT2D eigenvalue weighted by Crippen LogP contribution is -2.52. The second kappa shape index (κ2) is 13.9. The van der Waals surface area contributed by atoms with E-state index in [9.17, 15) is 24.3 Å². The molecule has 1 unspecified atom stereocenters. The van der Waals surface area contributed by atoms with E-state index in [2.05, 4.69) is 0 Å². The molecule has 1 heterocycles. The van der Waals surface area contributed by atoms with E-state index in [4.69, 9.17) is 23.7 Å². The molecule has 43 heavy (non-hydrogen) atoms. The van der Waals surface area contributed by atoms with E-state index in [0.717, 1.165) is 0 Å². The first-order valence-corrected chi connectivity index (χ1v) is 16.0. The van der Waals surface area contributed by atoms with Crippen LogP contribution in [0.4, 0.5) is 0 Å². The number of cyclic esters (lactones) is 1. The normalized spacial score (nSPS) is 30.9. The van der Waals surface area contributed by atoms with Gasteiger partial charge in [0.25, 0.3) is 0 Å². The number of carbonyl (C=O) groups is 4. The number of ketones is 1. The first-order chi connectivity index (χ1) is 20.5. The number of methoxy groups -OCH3 is 2. The molecule has 0 bridgehead atoms. The van der Waals surface area contributed by atoms with Crippen molar-refractivity contribution >= 4 is 35.5 Å². The number of rotatable bonds is 12. The molecule has 3 aliphatic carbocycles. The summed E-state index contributed by atoms with van der Waals surface area (Å²) in [7, 11) is 3.08. The Balaban J connectivity index is 1.79. The van der Waals surface area contributed by atoms with Gasteiger partial charge < -0.3 is 33.7 Å². The molecular formula is C31H43NO10S. The van der Waals surface area contributed by atoms with Crippen LogP contribution in [0.5, 0.6) is 0 Å². The van der Waals surface area contributed by atoms with Crippen molar-refractivity contribution in [2.45, 2.75) is 65.3 Å². The Morgan fingerprint density at radius 2 is 1.84 bits per heavy atom. The fourth-order valence-corrected chi connectivity index (χ4v) is 7.76. The van der Waals surface area contributed by atoms with Gasteiger partial charge in [0.15, 0.2) is 5.76 Å². The maximum absolute atomic E-state index is 14.2. The van der Waals surface area contributed by atoms with E-state index >= 15 is 0 Å². The summed E-state index contributed by atoms with van der Waals surface area (Å²) in [6.45, 7) is 8.83. The minimum absolute atomic E-state index is 0.00636. The number of aliphatic hydroxyl groups is 1. The highest BCUT2D eigenvalue weighted by atomic mass is 32.2. The SMILES string of the molecule is CCN(C=C1C(=O)O[C@H](COC)C2C1=C(O)C(=O)C1=C2[C@H](OC(C)=O)C[C@]2(C)[C@@H](OC(=O)CSCCOC)CC[C@@H]12)CC. The van der Waals surface area contributed by atoms with E-state index in [0.29, 0.717) is 55.9 Å². The summed E-state index contributed by atoms with van der Waals surface area (Å²) in [6, 6.07) is 0. The second-order valence-corrected chi connectivity index (χ2v) is 12.7. The van der Waals surface area contributed by atoms with Crippen LogP contribution in [0.15, 0.2) is 34.3 Å². The number of hydrogen-bond acceptors (Lipinski definition) is 12. The molecule has 0 aromatic heterocycles. The Morgan fingerprint density at radius 3 is 2.47 bits per heavy atom. The average molecular weight is 622 g/mol. The van der Waals surface area contributed by atoms with Gasteiger partial charge in [-0.15, -0.1) is 11.8 Å². The molecule has 1 N–H and O–H groups in total. The standard InChI is InChI=1S/C31H43NO10S/c1-7-32(8-2)14-18-24-27(21(15-39-6)41-30(18)37)26-20(40-17(3)33)13-31(4)19(25(26)29(36)28(24)35)9-10-22(31)42-23(34)16-43-12-11-38-5/h14,19-22,27,35H,7-13,15-16H2,1-6H3/t19-,20+,21+,22-,27?,31-/m0/s1. The third-order valence-corrected chi connectivity index (χ3v) is 9.97. The van der Waals surface area contributed by atoms with Crippen molar-refractivity contribution in [1.82, 2.24) is 4.90 Å². The molecule has 4 rings (SSSR count). The summed E-state index contributed by atoms with van der Waals surface area (Å²) in [4.78, 5) is 54.5. The maximum Gasteiger partial charge on any atom is 0.340 e. The number of allylic oxidation sites excluding steroid dienone is 1. The van der Waals surface area contributed by atoms with Crippen LogP contribution in [0.25, 0.3) is 0 Å². The molecule has 1 aliphatic heterocycles. The molecule has 1 saturated carbocycles. The number of hydrogen-bond donors (Lipinski definition) is 1. The molecule has 4 aliphatic rings. The van der Waals surface area contributed by atoms with Crippen LogP contribution in [0, 0.1) is 17.3 Å². The van der Waals surface area contributed by atoms with Gasteiger partial charge in [-0.2, -0.15) is 0 Å². The highest BCUT2D eigenvalue weighted by Crippen LogP contribution is 2.60. The van der Waals surface area contributed by atoms with Gasteiger partial charge in [-0.1, -0.05) is 6.92 Å². The van der Waals surface area contributed by atoms with Crippen molar-refractivity contribution in [3.05, 3.63) is 34.3 Å². The van der Waals surface area contributed by atoms with Gasteiger partial charge in [-0.25, -0.2) is 4.79 Å². The number of thioether (sulfide) groups is 1. The van der Waals surface area contributed by atoms with Crippen molar-refractivity contribution in [3.63, 3.8) is 0 Å². The Labute approximate surface area is 256 Å². The van der Waals surface area contributed by atoms with E-state index in [1.54, 1.807) is 13.3 Å².